The summed E-state index contributed by atoms with van der Waals surface area (Å²) < 4.78 is 0. The van der Waals surface area contributed by atoms with Gasteiger partial charge in [-0.15, -0.1) is 0 Å². The summed E-state index contributed by atoms with van der Waals surface area (Å²) in [6.45, 7) is 10.8. The molecule has 0 bridgehead atoms. The van der Waals surface area contributed by atoms with E-state index in [-0.39, 0.29) is 0 Å². The quantitative estimate of drug-likeness (QED) is 0.619. The Labute approximate surface area is 96.2 Å². The molecular formula is C14H29N. The van der Waals surface area contributed by atoms with Crippen molar-refractivity contribution in [3.8, 4) is 0 Å². The van der Waals surface area contributed by atoms with E-state index < -0.39 is 0 Å². The van der Waals surface area contributed by atoms with Crippen LogP contribution in [0.2, 0.25) is 0 Å². The molecule has 1 heteroatoms. The van der Waals surface area contributed by atoms with Crippen LogP contribution in [0.25, 0.3) is 0 Å². The zero-order valence-corrected chi connectivity index (χ0v) is 11.1. The predicted octanol–water partition coefficient (Wildman–Crippen LogP) is 4.08. The normalized spacial score (nSPS) is 33.2. The van der Waals surface area contributed by atoms with E-state index in [1.807, 2.05) is 0 Å². The van der Waals surface area contributed by atoms with Gasteiger partial charge in [0, 0.05) is 12.1 Å². The summed E-state index contributed by atoms with van der Waals surface area (Å²) >= 11 is 0. The zero-order chi connectivity index (χ0) is 11.3. The van der Waals surface area contributed by atoms with Gasteiger partial charge in [0.05, 0.1) is 0 Å². The van der Waals surface area contributed by atoms with Crippen LogP contribution in [0.5, 0.6) is 0 Å². The number of likely N-dealkylation sites (tertiary alicyclic amines) is 1. The Hall–Kier alpha value is -0.0400. The topological polar surface area (TPSA) is 3.24 Å². The van der Waals surface area contributed by atoms with Gasteiger partial charge in [-0.3, -0.25) is 4.90 Å². The third-order valence-corrected chi connectivity index (χ3v) is 4.22. The summed E-state index contributed by atoms with van der Waals surface area (Å²) in [6, 6.07) is 1.62. The van der Waals surface area contributed by atoms with E-state index in [1.165, 1.54) is 45.1 Å². The van der Waals surface area contributed by atoms with Crippen molar-refractivity contribution < 1.29 is 0 Å². The van der Waals surface area contributed by atoms with E-state index in [4.69, 9.17) is 0 Å². The average Bonchev–Trinajstić information content (AvgIpc) is 2.23. The third-order valence-electron chi connectivity index (χ3n) is 4.22. The molecule has 0 aliphatic carbocycles. The van der Waals surface area contributed by atoms with Gasteiger partial charge in [0.15, 0.2) is 0 Å². The lowest BCUT2D eigenvalue weighted by atomic mass is 9.88. The van der Waals surface area contributed by atoms with Gasteiger partial charge in [-0.2, -0.15) is 0 Å². The van der Waals surface area contributed by atoms with Crippen LogP contribution in [0.1, 0.15) is 66.2 Å². The number of rotatable bonds is 5. The van der Waals surface area contributed by atoms with Gasteiger partial charge >= 0.3 is 0 Å². The maximum absolute atomic E-state index is 2.74. The molecule has 1 saturated heterocycles. The maximum Gasteiger partial charge on any atom is 0.00953 e. The monoisotopic (exact) mass is 211 g/mol. The molecule has 1 fully saturated rings. The highest BCUT2D eigenvalue weighted by Gasteiger charge is 2.28. The van der Waals surface area contributed by atoms with Crippen LogP contribution in [0.3, 0.4) is 0 Å². The lowest BCUT2D eigenvalue weighted by Crippen LogP contribution is -2.47. The molecule has 1 aliphatic heterocycles. The highest BCUT2D eigenvalue weighted by atomic mass is 15.2. The third kappa shape index (κ3) is 3.79. The Kier molecular flexibility index (Phi) is 5.66. The van der Waals surface area contributed by atoms with Crippen LogP contribution in [0.4, 0.5) is 0 Å². The minimum atomic E-state index is 0.801. The van der Waals surface area contributed by atoms with Crippen LogP contribution >= 0.6 is 0 Å². The molecule has 0 spiro atoms. The second-order valence-electron chi connectivity index (χ2n) is 5.44. The average molecular weight is 211 g/mol. The molecule has 3 atom stereocenters. The standard InChI is InChI=1S/C14H29N/c1-5-6-7-8-11-15-13(3)10-9-12(2)14(15)4/h12-14H,5-11H2,1-4H3. The van der Waals surface area contributed by atoms with Crippen molar-refractivity contribution in [2.45, 2.75) is 78.3 Å². The summed E-state index contributed by atoms with van der Waals surface area (Å²) in [5.41, 5.74) is 0. The van der Waals surface area contributed by atoms with Gasteiger partial charge in [-0.05, 0) is 45.6 Å². The van der Waals surface area contributed by atoms with Crippen molar-refractivity contribution in [1.29, 1.82) is 0 Å². The number of hydrogen-bond donors (Lipinski definition) is 0. The van der Waals surface area contributed by atoms with Crippen LogP contribution in [0.15, 0.2) is 0 Å². The molecule has 1 rings (SSSR count). The first-order valence-corrected chi connectivity index (χ1v) is 6.92. The Balaban J connectivity index is 2.29. The molecular weight excluding hydrogens is 182 g/mol. The van der Waals surface area contributed by atoms with Crippen molar-refractivity contribution >= 4 is 0 Å². The highest BCUT2D eigenvalue weighted by Crippen LogP contribution is 2.27. The van der Waals surface area contributed by atoms with Crippen LogP contribution in [0, 0.1) is 5.92 Å². The molecule has 0 radical (unpaired) electrons. The first-order valence-electron chi connectivity index (χ1n) is 6.92. The minimum Gasteiger partial charge on any atom is -0.298 e. The molecule has 3 unspecified atom stereocenters. The van der Waals surface area contributed by atoms with Gasteiger partial charge in [0.25, 0.3) is 0 Å². The molecule has 1 heterocycles. The van der Waals surface area contributed by atoms with E-state index in [0.717, 1.165) is 18.0 Å². The Morgan fingerprint density at radius 2 is 1.73 bits per heavy atom. The molecule has 0 aromatic rings. The number of piperidine rings is 1. The maximum atomic E-state index is 2.74. The Morgan fingerprint density at radius 1 is 1.00 bits per heavy atom. The van der Waals surface area contributed by atoms with E-state index in [2.05, 4.69) is 32.6 Å². The molecule has 0 N–H and O–H groups in total. The molecule has 0 amide bonds. The predicted molar refractivity (Wildman–Crippen MR) is 68.2 cm³/mol. The van der Waals surface area contributed by atoms with E-state index in [0.29, 0.717) is 0 Å². The summed E-state index contributed by atoms with van der Waals surface area (Å²) in [5, 5.41) is 0. The zero-order valence-electron chi connectivity index (χ0n) is 11.1. The fraction of sp³-hybridized carbons (Fsp3) is 1.00. The van der Waals surface area contributed by atoms with Crippen molar-refractivity contribution in [1.82, 2.24) is 4.90 Å². The minimum absolute atomic E-state index is 0.801. The lowest BCUT2D eigenvalue weighted by Gasteiger charge is -2.42. The van der Waals surface area contributed by atoms with Crippen molar-refractivity contribution in [2.75, 3.05) is 6.54 Å². The molecule has 0 saturated carbocycles. The van der Waals surface area contributed by atoms with Crippen LogP contribution < -0.4 is 0 Å². The fourth-order valence-corrected chi connectivity index (χ4v) is 2.78. The largest absolute Gasteiger partial charge is 0.298 e. The number of nitrogens with zero attached hydrogens (tertiary/aromatic N) is 1. The van der Waals surface area contributed by atoms with Crippen LogP contribution in [-0.4, -0.2) is 23.5 Å². The van der Waals surface area contributed by atoms with E-state index >= 15 is 0 Å². The Morgan fingerprint density at radius 3 is 2.40 bits per heavy atom. The van der Waals surface area contributed by atoms with Gasteiger partial charge in [-0.25, -0.2) is 0 Å². The second kappa shape index (κ2) is 6.52. The highest BCUT2D eigenvalue weighted by molar-refractivity contribution is 4.83. The molecule has 0 aromatic heterocycles. The summed E-state index contributed by atoms with van der Waals surface area (Å²) in [5.74, 6) is 0.896. The lowest BCUT2D eigenvalue weighted by molar-refractivity contribution is 0.0630. The number of unbranched alkanes of at least 4 members (excludes halogenated alkanes) is 3. The van der Waals surface area contributed by atoms with E-state index in [1.54, 1.807) is 0 Å². The first kappa shape index (κ1) is 13.0. The Bertz CT molecular complexity index is 167. The van der Waals surface area contributed by atoms with Crippen LogP contribution in [-0.2, 0) is 0 Å². The van der Waals surface area contributed by atoms with Gasteiger partial charge in [0.1, 0.15) is 0 Å². The van der Waals surface area contributed by atoms with Gasteiger partial charge in [0.2, 0.25) is 0 Å². The summed E-state index contributed by atoms with van der Waals surface area (Å²) in [4.78, 5) is 2.74. The SMILES string of the molecule is CCCCCCN1C(C)CCC(C)C1C. The van der Waals surface area contributed by atoms with Crippen molar-refractivity contribution in [3.63, 3.8) is 0 Å². The van der Waals surface area contributed by atoms with E-state index in [9.17, 15) is 0 Å². The van der Waals surface area contributed by atoms with Crippen molar-refractivity contribution in [3.05, 3.63) is 0 Å². The molecule has 1 aliphatic rings. The smallest absolute Gasteiger partial charge is 0.00953 e. The second-order valence-corrected chi connectivity index (χ2v) is 5.44. The molecule has 0 aromatic carbocycles. The molecule has 15 heavy (non-hydrogen) atoms. The molecule has 90 valence electrons. The number of hydrogen-bond acceptors (Lipinski definition) is 1. The summed E-state index contributed by atoms with van der Waals surface area (Å²) in [7, 11) is 0. The van der Waals surface area contributed by atoms with Crippen molar-refractivity contribution in [2.24, 2.45) is 5.92 Å². The summed E-state index contributed by atoms with van der Waals surface area (Å²) in [6.07, 6.45) is 8.40. The molecule has 1 nitrogen and oxygen atoms in total. The van der Waals surface area contributed by atoms with Gasteiger partial charge in [-0.1, -0.05) is 33.1 Å². The fourth-order valence-electron chi connectivity index (χ4n) is 2.78. The van der Waals surface area contributed by atoms with Gasteiger partial charge < -0.3 is 0 Å². The first-order chi connectivity index (χ1) is 7.16.